The number of unbranched alkanes of at least 4 members (excludes halogenated alkanes) is 14. The van der Waals surface area contributed by atoms with E-state index >= 15 is 0 Å². The molecule has 314 valence electrons. The molecule has 2 N–H and O–H groups in total. The Hall–Kier alpha value is -2.77. The van der Waals surface area contributed by atoms with Gasteiger partial charge in [0.25, 0.3) is 0 Å². The van der Waals surface area contributed by atoms with Gasteiger partial charge in [-0.05, 0) is 77.0 Å². The largest absolute Gasteiger partial charge is 0.469 e. The topological polar surface area (TPSA) is 119 Å². The van der Waals surface area contributed by atoms with Crippen molar-refractivity contribution in [2.75, 3.05) is 13.2 Å². The minimum absolute atomic E-state index is 0.0819. The van der Waals surface area contributed by atoms with Gasteiger partial charge in [0, 0.05) is 12.8 Å². The highest BCUT2D eigenvalue weighted by Gasteiger charge is 2.22. The van der Waals surface area contributed by atoms with Crippen molar-refractivity contribution in [2.24, 2.45) is 0 Å². The summed E-state index contributed by atoms with van der Waals surface area (Å²) >= 11 is 0. The third kappa shape index (κ3) is 43.8. The molecule has 0 saturated carbocycles. The minimum atomic E-state index is -4.78. The van der Waals surface area contributed by atoms with Crippen LogP contribution in [0.15, 0.2) is 85.1 Å². The molecule has 0 aromatic heterocycles. The van der Waals surface area contributed by atoms with Crippen LogP contribution in [0.25, 0.3) is 0 Å². The number of carbonyl (C=O) groups excluding carboxylic acids is 2. The Kier molecular flexibility index (Phi) is 38.8. The zero-order valence-electron chi connectivity index (χ0n) is 34.5. The summed E-state index contributed by atoms with van der Waals surface area (Å²) in [5, 5.41) is 0. The normalized spacial score (nSPS) is 13.3. The molecule has 0 aliphatic heterocycles. The quantitative estimate of drug-likeness (QED) is 0.0275. The zero-order valence-corrected chi connectivity index (χ0v) is 35.4. The van der Waals surface area contributed by atoms with Crippen LogP contribution in [0.2, 0.25) is 0 Å². The molecular formula is C46H77O8P. The lowest BCUT2D eigenvalue weighted by Gasteiger charge is -2.18. The minimum Gasteiger partial charge on any atom is -0.462 e. The predicted octanol–water partition coefficient (Wildman–Crippen LogP) is 13.2. The maximum atomic E-state index is 12.4. The summed E-state index contributed by atoms with van der Waals surface area (Å²) in [5.74, 6) is -0.993. The molecule has 0 rings (SSSR count). The first-order chi connectivity index (χ1) is 26.8. The van der Waals surface area contributed by atoms with Crippen LogP contribution in [0, 0.1) is 0 Å². The van der Waals surface area contributed by atoms with Crippen molar-refractivity contribution in [3.8, 4) is 0 Å². The molecule has 1 atom stereocenters. The Morgan fingerprint density at radius 3 is 1.38 bits per heavy atom. The molecule has 0 radical (unpaired) electrons. The number of esters is 2. The number of phosphoric ester groups is 1. The van der Waals surface area contributed by atoms with Gasteiger partial charge in [-0.3, -0.25) is 14.1 Å². The highest BCUT2D eigenvalue weighted by molar-refractivity contribution is 7.46. The summed E-state index contributed by atoms with van der Waals surface area (Å²) in [6.45, 7) is 3.50. The summed E-state index contributed by atoms with van der Waals surface area (Å²) in [7, 11) is -4.78. The maximum absolute atomic E-state index is 12.4. The SMILES string of the molecule is CC/C=C\C/C=C\C/C=C\C/C=C\C/C=C\C/C=C\CCC(=O)OC(COC(=O)CCCCCCCCC/C=C\CCCCCCCCC)COP(=O)(O)O. The number of hydrogen-bond acceptors (Lipinski definition) is 6. The van der Waals surface area contributed by atoms with Crippen molar-refractivity contribution in [3.05, 3.63) is 85.1 Å². The number of phosphoric acid groups is 1. The molecule has 9 heteroatoms. The van der Waals surface area contributed by atoms with Gasteiger partial charge in [0.1, 0.15) is 6.61 Å². The van der Waals surface area contributed by atoms with Crippen molar-refractivity contribution >= 4 is 19.8 Å². The van der Waals surface area contributed by atoms with E-state index < -0.39 is 32.5 Å². The first kappa shape index (κ1) is 52.2. The number of carbonyl (C=O) groups is 2. The summed E-state index contributed by atoms with van der Waals surface area (Å²) in [4.78, 5) is 42.8. The lowest BCUT2D eigenvalue weighted by Crippen LogP contribution is -2.29. The molecule has 0 aromatic carbocycles. The number of hydrogen-bond donors (Lipinski definition) is 2. The average Bonchev–Trinajstić information content (AvgIpc) is 3.16. The van der Waals surface area contributed by atoms with E-state index in [1.54, 1.807) is 0 Å². The van der Waals surface area contributed by atoms with E-state index in [1.807, 2.05) is 12.2 Å². The molecule has 0 spiro atoms. The van der Waals surface area contributed by atoms with Gasteiger partial charge in [-0.1, -0.05) is 170 Å². The summed E-state index contributed by atoms with van der Waals surface area (Å²) < 4.78 is 26.3. The number of ether oxygens (including phenoxy) is 2. The molecule has 0 aliphatic rings. The Labute approximate surface area is 335 Å². The van der Waals surface area contributed by atoms with Crippen molar-refractivity contribution < 1.29 is 37.9 Å². The first-order valence-electron chi connectivity index (χ1n) is 21.4. The number of rotatable bonds is 38. The van der Waals surface area contributed by atoms with E-state index in [9.17, 15) is 14.2 Å². The average molecular weight is 789 g/mol. The van der Waals surface area contributed by atoms with E-state index in [-0.39, 0.29) is 19.4 Å². The van der Waals surface area contributed by atoms with E-state index in [4.69, 9.17) is 19.3 Å². The number of allylic oxidation sites excluding steroid dienone is 14. The smallest absolute Gasteiger partial charge is 0.462 e. The maximum Gasteiger partial charge on any atom is 0.469 e. The molecule has 0 aromatic rings. The lowest BCUT2D eigenvalue weighted by molar-refractivity contribution is -0.161. The van der Waals surface area contributed by atoms with Crippen molar-refractivity contribution in [3.63, 3.8) is 0 Å². The third-order valence-electron chi connectivity index (χ3n) is 8.66. The summed E-state index contributed by atoms with van der Waals surface area (Å²) in [6.07, 6.45) is 54.6. The molecule has 0 saturated heterocycles. The van der Waals surface area contributed by atoms with E-state index in [0.29, 0.717) is 12.8 Å². The second kappa shape index (κ2) is 40.9. The molecular weight excluding hydrogens is 711 g/mol. The van der Waals surface area contributed by atoms with E-state index in [1.165, 1.54) is 70.6 Å². The first-order valence-corrected chi connectivity index (χ1v) is 22.9. The van der Waals surface area contributed by atoms with Crippen LogP contribution < -0.4 is 0 Å². The van der Waals surface area contributed by atoms with Crippen LogP contribution in [0.4, 0.5) is 0 Å². The molecule has 0 amide bonds. The van der Waals surface area contributed by atoms with Crippen LogP contribution in [-0.2, 0) is 28.2 Å². The Balaban J connectivity index is 4.06. The highest BCUT2D eigenvalue weighted by atomic mass is 31.2. The zero-order chi connectivity index (χ0) is 40.3. The Bertz CT molecular complexity index is 1160. The molecule has 55 heavy (non-hydrogen) atoms. The Morgan fingerprint density at radius 1 is 0.491 bits per heavy atom. The van der Waals surface area contributed by atoms with E-state index in [2.05, 4.69) is 91.3 Å². The fraction of sp³-hybridized carbons (Fsp3) is 0.652. The van der Waals surface area contributed by atoms with Gasteiger partial charge in [0.05, 0.1) is 6.61 Å². The van der Waals surface area contributed by atoms with Crippen LogP contribution in [0.3, 0.4) is 0 Å². The van der Waals surface area contributed by atoms with Gasteiger partial charge in [-0.25, -0.2) is 4.57 Å². The van der Waals surface area contributed by atoms with E-state index in [0.717, 1.165) is 64.2 Å². The molecule has 8 nitrogen and oxygen atoms in total. The fourth-order valence-corrected chi connectivity index (χ4v) is 5.87. The van der Waals surface area contributed by atoms with Crippen molar-refractivity contribution in [1.29, 1.82) is 0 Å². The predicted molar refractivity (Wildman–Crippen MR) is 230 cm³/mol. The Morgan fingerprint density at radius 2 is 0.909 bits per heavy atom. The molecule has 0 fully saturated rings. The van der Waals surface area contributed by atoms with Gasteiger partial charge >= 0.3 is 19.8 Å². The van der Waals surface area contributed by atoms with Crippen LogP contribution >= 0.6 is 7.82 Å². The van der Waals surface area contributed by atoms with Crippen LogP contribution in [-0.4, -0.2) is 41.0 Å². The van der Waals surface area contributed by atoms with Gasteiger partial charge in [0.15, 0.2) is 6.10 Å². The fourth-order valence-electron chi connectivity index (χ4n) is 5.51. The molecule has 0 aliphatic carbocycles. The second-order valence-electron chi connectivity index (χ2n) is 13.9. The van der Waals surface area contributed by atoms with Crippen LogP contribution in [0.1, 0.15) is 174 Å². The highest BCUT2D eigenvalue weighted by Crippen LogP contribution is 2.36. The summed E-state index contributed by atoms with van der Waals surface area (Å²) in [6, 6.07) is 0. The molecule has 1 unspecified atom stereocenters. The van der Waals surface area contributed by atoms with Gasteiger partial charge in [-0.15, -0.1) is 0 Å². The summed E-state index contributed by atoms with van der Waals surface area (Å²) in [5.41, 5.74) is 0. The second-order valence-corrected chi connectivity index (χ2v) is 15.2. The van der Waals surface area contributed by atoms with Crippen molar-refractivity contribution in [2.45, 2.75) is 180 Å². The van der Waals surface area contributed by atoms with Gasteiger partial charge in [0.2, 0.25) is 0 Å². The van der Waals surface area contributed by atoms with Crippen molar-refractivity contribution in [1.82, 2.24) is 0 Å². The van der Waals surface area contributed by atoms with Gasteiger partial charge < -0.3 is 19.3 Å². The lowest BCUT2D eigenvalue weighted by atomic mass is 10.1. The monoisotopic (exact) mass is 789 g/mol. The third-order valence-corrected chi connectivity index (χ3v) is 9.15. The van der Waals surface area contributed by atoms with Crippen LogP contribution in [0.5, 0.6) is 0 Å². The molecule has 0 heterocycles. The van der Waals surface area contributed by atoms with Gasteiger partial charge in [-0.2, -0.15) is 0 Å². The molecule has 0 bridgehead atoms. The standard InChI is InChI=1S/C46H77O8P/c1-3-5-7-9-11-13-15-17-19-21-23-25-27-29-31-33-35-37-39-41-46(48)54-44(43-53-55(49,50)51)42-52-45(47)40-38-36-34-32-30-28-26-24-22-20-18-16-14-12-10-8-6-4-2/h5,7,11,13,17,19-20,22-23,25,29,31,35,37,44H,3-4,6,8-10,12,14-16,18,21,24,26-28,30,32-34,36,38-43H2,1-2H3,(H2,49,50,51)/b7-5-,13-11-,19-17-,22-20-,25-23-,31-29-,37-35-.